The Labute approximate surface area is 84.7 Å². The maximum Gasteiger partial charge on any atom is 0.274 e. The number of aromatic nitrogens is 2. The lowest BCUT2D eigenvalue weighted by atomic mass is 10.2. The molecule has 1 heterocycles. The summed E-state index contributed by atoms with van der Waals surface area (Å²) in [5.41, 5.74) is 6.64. The maximum atomic E-state index is 10.9. The lowest BCUT2D eigenvalue weighted by Gasteiger charge is -2.02. The first-order valence-corrected chi connectivity index (χ1v) is 4.28. The zero-order chi connectivity index (χ0) is 10.1. The molecule has 5 heteroatoms. The third-order valence-corrected chi connectivity index (χ3v) is 2.07. The number of nitrogens with two attached hydrogens (primary N) is 1. The number of nitrogens with zero attached hydrogens (tertiary/aromatic N) is 2. The van der Waals surface area contributed by atoms with Crippen LogP contribution in [0.3, 0.4) is 0 Å². The Morgan fingerprint density at radius 3 is 2.71 bits per heavy atom. The van der Waals surface area contributed by atoms with Gasteiger partial charge in [-0.2, -0.15) is 0 Å². The van der Waals surface area contributed by atoms with E-state index in [2.05, 4.69) is 10.2 Å². The SMILES string of the molecule is Nc1c(C(=O)Cl)nnc2ccccc12. The average Bonchev–Trinajstić information content (AvgIpc) is 2.18. The number of fused-ring (bicyclic) bond motifs is 1. The minimum absolute atomic E-state index is 0.00497. The largest absolute Gasteiger partial charge is 0.396 e. The standard InChI is InChI=1S/C9H6ClN3O/c10-9(14)8-7(11)5-3-1-2-4-6(5)12-13-8/h1-4H,(H2,11,12). The van der Waals surface area contributed by atoms with Crippen molar-refractivity contribution in [1.82, 2.24) is 10.2 Å². The van der Waals surface area contributed by atoms with Crippen LogP contribution in [0.15, 0.2) is 24.3 Å². The minimum atomic E-state index is -0.694. The molecule has 70 valence electrons. The monoisotopic (exact) mass is 207 g/mol. The summed E-state index contributed by atoms with van der Waals surface area (Å²) in [6.45, 7) is 0. The summed E-state index contributed by atoms with van der Waals surface area (Å²) in [5.74, 6) is 0. The first-order chi connectivity index (χ1) is 6.70. The Morgan fingerprint density at radius 2 is 2.00 bits per heavy atom. The molecule has 0 radical (unpaired) electrons. The lowest BCUT2D eigenvalue weighted by molar-refractivity contribution is 0.107. The van der Waals surface area contributed by atoms with E-state index in [0.717, 1.165) is 0 Å². The second-order valence-electron chi connectivity index (χ2n) is 2.75. The molecule has 0 saturated carbocycles. The summed E-state index contributed by atoms with van der Waals surface area (Å²) < 4.78 is 0. The highest BCUT2D eigenvalue weighted by molar-refractivity contribution is 6.68. The van der Waals surface area contributed by atoms with Gasteiger partial charge < -0.3 is 5.73 Å². The van der Waals surface area contributed by atoms with Gasteiger partial charge in [0.25, 0.3) is 5.24 Å². The molecule has 0 unspecified atom stereocenters. The molecular formula is C9H6ClN3O. The van der Waals surface area contributed by atoms with Gasteiger partial charge in [-0.05, 0) is 17.7 Å². The van der Waals surface area contributed by atoms with Gasteiger partial charge in [-0.15, -0.1) is 10.2 Å². The molecule has 0 bridgehead atoms. The quantitative estimate of drug-likeness (QED) is 0.721. The fraction of sp³-hybridized carbons (Fsp3) is 0. The molecule has 0 aliphatic carbocycles. The van der Waals surface area contributed by atoms with E-state index >= 15 is 0 Å². The molecule has 1 aromatic heterocycles. The van der Waals surface area contributed by atoms with Crippen molar-refractivity contribution in [3.05, 3.63) is 30.0 Å². The molecule has 2 aromatic rings. The number of rotatable bonds is 1. The fourth-order valence-electron chi connectivity index (χ4n) is 1.22. The Bertz CT molecular complexity index is 512. The van der Waals surface area contributed by atoms with E-state index in [0.29, 0.717) is 10.9 Å². The van der Waals surface area contributed by atoms with Crippen LogP contribution in [0.2, 0.25) is 0 Å². The lowest BCUT2D eigenvalue weighted by Crippen LogP contribution is -2.04. The summed E-state index contributed by atoms with van der Waals surface area (Å²) in [4.78, 5) is 10.9. The maximum absolute atomic E-state index is 10.9. The minimum Gasteiger partial charge on any atom is -0.396 e. The Morgan fingerprint density at radius 1 is 1.29 bits per heavy atom. The molecule has 0 atom stereocenters. The fourth-order valence-corrected chi connectivity index (χ4v) is 1.36. The summed E-state index contributed by atoms with van der Waals surface area (Å²) in [7, 11) is 0. The zero-order valence-electron chi connectivity index (χ0n) is 7.07. The third kappa shape index (κ3) is 1.29. The molecule has 2 N–H and O–H groups in total. The molecular weight excluding hydrogens is 202 g/mol. The number of benzene rings is 1. The summed E-state index contributed by atoms with van der Waals surface area (Å²) in [6.07, 6.45) is 0. The van der Waals surface area contributed by atoms with Crippen LogP contribution in [0.25, 0.3) is 10.9 Å². The van der Waals surface area contributed by atoms with E-state index in [9.17, 15) is 4.79 Å². The average molecular weight is 208 g/mol. The number of nitrogen functional groups attached to an aromatic ring is 1. The topological polar surface area (TPSA) is 68.9 Å². The summed E-state index contributed by atoms with van der Waals surface area (Å²) in [6, 6.07) is 7.16. The van der Waals surface area contributed by atoms with Gasteiger partial charge in [0.2, 0.25) is 0 Å². The Kier molecular flexibility index (Phi) is 2.05. The Balaban J connectivity index is 2.81. The summed E-state index contributed by atoms with van der Waals surface area (Å²) >= 11 is 5.29. The number of carbonyl (C=O) groups excluding carboxylic acids is 1. The van der Waals surface area contributed by atoms with Crippen LogP contribution in [0.5, 0.6) is 0 Å². The van der Waals surface area contributed by atoms with Gasteiger partial charge in [0, 0.05) is 5.39 Å². The second kappa shape index (κ2) is 3.23. The first kappa shape index (κ1) is 8.90. The van der Waals surface area contributed by atoms with Crippen LogP contribution in [-0.2, 0) is 0 Å². The molecule has 0 amide bonds. The summed E-state index contributed by atoms with van der Waals surface area (Å²) in [5, 5.41) is 7.47. The highest BCUT2D eigenvalue weighted by Crippen LogP contribution is 2.21. The van der Waals surface area contributed by atoms with Crippen molar-refractivity contribution in [1.29, 1.82) is 0 Å². The van der Waals surface area contributed by atoms with Crippen LogP contribution in [-0.4, -0.2) is 15.4 Å². The number of hydrogen-bond acceptors (Lipinski definition) is 4. The molecule has 14 heavy (non-hydrogen) atoms. The van der Waals surface area contributed by atoms with Gasteiger partial charge >= 0.3 is 0 Å². The van der Waals surface area contributed by atoms with Crippen molar-refractivity contribution < 1.29 is 4.79 Å². The molecule has 4 nitrogen and oxygen atoms in total. The second-order valence-corrected chi connectivity index (χ2v) is 3.10. The van der Waals surface area contributed by atoms with E-state index in [-0.39, 0.29) is 11.4 Å². The molecule has 0 fully saturated rings. The van der Waals surface area contributed by atoms with Crippen molar-refractivity contribution >= 4 is 33.4 Å². The Hall–Kier alpha value is -1.68. The predicted molar refractivity (Wildman–Crippen MR) is 54.1 cm³/mol. The number of hydrogen-bond donors (Lipinski definition) is 1. The van der Waals surface area contributed by atoms with Crippen molar-refractivity contribution in [2.45, 2.75) is 0 Å². The van der Waals surface area contributed by atoms with E-state index in [4.69, 9.17) is 17.3 Å². The van der Waals surface area contributed by atoms with Gasteiger partial charge in [-0.3, -0.25) is 4.79 Å². The molecule has 0 spiro atoms. The van der Waals surface area contributed by atoms with Gasteiger partial charge in [-0.25, -0.2) is 0 Å². The highest BCUT2D eigenvalue weighted by atomic mass is 35.5. The van der Waals surface area contributed by atoms with Crippen molar-refractivity contribution in [3.63, 3.8) is 0 Å². The van der Waals surface area contributed by atoms with Gasteiger partial charge in [-0.1, -0.05) is 18.2 Å². The third-order valence-electron chi connectivity index (χ3n) is 1.89. The predicted octanol–water partition coefficient (Wildman–Crippen LogP) is 1.59. The number of carbonyl (C=O) groups is 1. The van der Waals surface area contributed by atoms with Crippen LogP contribution < -0.4 is 5.73 Å². The van der Waals surface area contributed by atoms with E-state index in [1.54, 1.807) is 12.1 Å². The van der Waals surface area contributed by atoms with Gasteiger partial charge in [0.1, 0.15) is 0 Å². The normalized spacial score (nSPS) is 10.4. The van der Waals surface area contributed by atoms with E-state index in [1.807, 2.05) is 12.1 Å². The molecule has 0 aliphatic heterocycles. The molecule has 0 saturated heterocycles. The molecule has 1 aromatic carbocycles. The number of halogens is 1. The number of anilines is 1. The molecule has 0 aliphatic rings. The van der Waals surface area contributed by atoms with Crippen LogP contribution in [0.4, 0.5) is 5.69 Å². The van der Waals surface area contributed by atoms with Crippen LogP contribution in [0, 0.1) is 0 Å². The van der Waals surface area contributed by atoms with E-state index in [1.165, 1.54) is 0 Å². The van der Waals surface area contributed by atoms with Crippen LogP contribution in [0.1, 0.15) is 10.5 Å². The zero-order valence-corrected chi connectivity index (χ0v) is 7.82. The van der Waals surface area contributed by atoms with Crippen molar-refractivity contribution in [2.75, 3.05) is 5.73 Å². The van der Waals surface area contributed by atoms with Crippen LogP contribution >= 0.6 is 11.6 Å². The molecule has 2 rings (SSSR count). The van der Waals surface area contributed by atoms with Gasteiger partial charge in [0.05, 0.1) is 11.2 Å². The van der Waals surface area contributed by atoms with Gasteiger partial charge in [0.15, 0.2) is 5.69 Å². The van der Waals surface area contributed by atoms with Crippen molar-refractivity contribution in [3.8, 4) is 0 Å². The van der Waals surface area contributed by atoms with E-state index < -0.39 is 5.24 Å². The highest BCUT2D eigenvalue weighted by Gasteiger charge is 2.12. The van der Waals surface area contributed by atoms with Crippen molar-refractivity contribution in [2.24, 2.45) is 0 Å². The first-order valence-electron chi connectivity index (χ1n) is 3.91. The smallest absolute Gasteiger partial charge is 0.274 e.